The summed E-state index contributed by atoms with van der Waals surface area (Å²) in [6.45, 7) is 7.23. The van der Waals surface area contributed by atoms with Gasteiger partial charge in [0.15, 0.2) is 0 Å². The fraction of sp³-hybridized carbons (Fsp3) is 1.00. The number of rotatable bonds is 5. The van der Waals surface area contributed by atoms with Crippen LogP contribution < -0.4 is 5.32 Å². The van der Waals surface area contributed by atoms with E-state index >= 15 is 0 Å². The summed E-state index contributed by atoms with van der Waals surface area (Å²) in [5.74, 6) is 0.919. The Bertz CT molecular complexity index is 198. The molecule has 2 aliphatic rings. The van der Waals surface area contributed by atoms with Gasteiger partial charge in [-0.25, -0.2) is 0 Å². The maximum atomic E-state index is 5.36. The summed E-state index contributed by atoms with van der Waals surface area (Å²) in [4.78, 5) is 2.67. The van der Waals surface area contributed by atoms with Gasteiger partial charge in [0.25, 0.3) is 0 Å². The van der Waals surface area contributed by atoms with Gasteiger partial charge in [-0.15, -0.1) is 0 Å². The maximum Gasteiger partial charge on any atom is 0.0601 e. The molecule has 16 heavy (non-hydrogen) atoms. The van der Waals surface area contributed by atoms with Crippen molar-refractivity contribution in [3.8, 4) is 0 Å². The summed E-state index contributed by atoms with van der Waals surface area (Å²) in [6.07, 6.45) is 5.74. The predicted molar refractivity (Wildman–Crippen MR) is 66.7 cm³/mol. The van der Waals surface area contributed by atoms with Gasteiger partial charge >= 0.3 is 0 Å². The van der Waals surface area contributed by atoms with Gasteiger partial charge in [-0.2, -0.15) is 0 Å². The Morgan fingerprint density at radius 2 is 1.94 bits per heavy atom. The molecule has 2 fully saturated rings. The van der Waals surface area contributed by atoms with Crippen LogP contribution >= 0.6 is 0 Å². The van der Waals surface area contributed by atoms with E-state index < -0.39 is 0 Å². The van der Waals surface area contributed by atoms with Gasteiger partial charge in [-0.3, -0.25) is 0 Å². The molecule has 0 aromatic rings. The molecule has 94 valence electrons. The van der Waals surface area contributed by atoms with E-state index in [1.54, 1.807) is 0 Å². The van der Waals surface area contributed by atoms with Crippen molar-refractivity contribution >= 4 is 0 Å². The molecule has 0 bridgehead atoms. The Morgan fingerprint density at radius 3 is 2.50 bits per heavy atom. The van der Waals surface area contributed by atoms with Crippen molar-refractivity contribution in [2.45, 2.75) is 44.8 Å². The van der Waals surface area contributed by atoms with Crippen molar-refractivity contribution in [3.63, 3.8) is 0 Å². The first-order valence-electron chi connectivity index (χ1n) is 6.81. The van der Waals surface area contributed by atoms with Gasteiger partial charge in [0.05, 0.1) is 6.10 Å². The Balaban J connectivity index is 1.72. The van der Waals surface area contributed by atoms with Crippen molar-refractivity contribution in [2.75, 3.05) is 33.3 Å². The molecule has 1 saturated heterocycles. The summed E-state index contributed by atoms with van der Waals surface area (Å²) in [5.41, 5.74) is 0. The molecule has 0 amide bonds. The lowest BCUT2D eigenvalue weighted by Gasteiger charge is -2.43. The lowest BCUT2D eigenvalue weighted by atomic mass is 9.86. The van der Waals surface area contributed by atoms with Crippen LogP contribution in [0.2, 0.25) is 0 Å². The van der Waals surface area contributed by atoms with Gasteiger partial charge in [0.1, 0.15) is 0 Å². The highest BCUT2D eigenvalue weighted by atomic mass is 16.5. The molecule has 0 atom stereocenters. The van der Waals surface area contributed by atoms with Crippen molar-refractivity contribution < 1.29 is 4.74 Å². The van der Waals surface area contributed by atoms with Gasteiger partial charge in [-0.1, -0.05) is 6.92 Å². The highest BCUT2D eigenvalue weighted by Gasteiger charge is 2.33. The number of methoxy groups -OCH3 is 1. The molecule has 0 aromatic carbocycles. The van der Waals surface area contributed by atoms with E-state index in [4.69, 9.17) is 4.74 Å². The molecule has 2 rings (SSSR count). The van der Waals surface area contributed by atoms with Crippen molar-refractivity contribution in [2.24, 2.45) is 5.92 Å². The van der Waals surface area contributed by atoms with E-state index in [-0.39, 0.29) is 0 Å². The van der Waals surface area contributed by atoms with Gasteiger partial charge < -0.3 is 15.0 Å². The topological polar surface area (TPSA) is 24.5 Å². The second-order valence-electron chi connectivity index (χ2n) is 5.26. The Morgan fingerprint density at radius 1 is 1.25 bits per heavy atom. The number of hydrogen-bond donors (Lipinski definition) is 1. The van der Waals surface area contributed by atoms with Crippen molar-refractivity contribution in [1.29, 1.82) is 0 Å². The van der Waals surface area contributed by atoms with Crippen LogP contribution in [-0.4, -0.2) is 50.3 Å². The van der Waals surface area contributed by atoms with Crippen LogP contribution in [0.1, 0.15) is 32.6 Å². The third kappa shape index (κ3) is 2.96. The van der Waals surface area contributed by atoms with Crippen LogP contribution in [0.4, 0.5) is 0 Å². The molecule has 1 heterocycles. The minimum atomic E-state index is 0.534. The molecule has 0 spiro atoms. The maximum absolute atomic E-state index is 5.36. The molecule has 1 aliphatic carbocycles. The van der Waals surface area contributed by atoms with Crippen LogP contribution in [-0.2, 0) is 4.74 Å². The molecule has 1 saturated carbocycles. The Kier molecular flexibility index (Phi) is 4.62. The van der Waals surface area contributed by atoms with Crippen molar-refractivity contribution in [3.05, 3.63) is 0 Å². The molecule has 0 aromatic heterocycles. The van der Waals surface area contributed by atoms with E-state index in [1.165, 1.54) is 51.9 Å². The minimum absolute atomic E-state index is 0.534. The third-order valence-electron chi connectivity index (χ3n) is 4.28. The molecule has 1 N–H and O–H groups in total. The zero-order chi connectivity index (χ0) is 11.4. The predicted octanol–water partition coefficient (Wildman–Crippen LogP) is 1.49. The highest BCUT2D eigenvalue weighted by molar-refractivity contribution is 4.88. The van der Waals surface area contributed by atoms with E-state index in [9.17, 15) is 0 Å². The Labute approximate surface area is 99.5 Å². The quantitative estimate of drug-likeness (QED) is 0.768. The fourth-order valence-corrected chi connectivity index (χ4v) is 2.96. The van der Waals surface area contributed by atoms with Crippen LogP contribution in [0.3, 0.4) is 0 Å². The minimum Gasteiger partial charge on any atom is -0.381 e. The number of piperidine rings is 1. The van der Waals surface area contributed by atoms with E-state index in [1.807, 2.05) is 7.11 Å². The van der Waals surface area contributed by atoms with E-state index in [0.717, 1.165) is 12.0 Å². The van der Waals surface area contributed by atoms with Gasteiger partial charge in [0.2, 0.25) is 0 Å². The zero-order valence-corrected chi connectivity index (χ0v) is 10.7. The second kappa shape index (κ2) is 5.99. The summed E-state index contributed by atoms with van der Waals surface area (Å²) >= 11 is 0. The zero-order valence-electron chi connectivity index (χ0n) is 10.7. The number of nitrogens with one attached hydrogen (secondary N) is 1. The van der Waals surface area contributed by atoms with Gasteiger partial charge in [-0.05, 0) is 51.2 Å². The number of ether oxygens (including phenoxy) is 1. The first-order chi connectivity index (χ1) is 7.83. The van der Waals surface area contributed by atoms with Crippen molar-refractivity contribution in [1.82, 2.24) is 10.2 Å². The SMILES string of the molecule is CCN(CC1CCNCC1)C1CC(OC)C1. The second-order valence-corrected chi connectivity index (χ2v) is 5.26. The van der Waals surface area contributed by atoms with Crippen LogP contribution in [0, 0.1) is 5.92 Å². The molecule has 3 heteroatoms. The van der Waals surface area contributed by atoms with Crippen LogP contribution in [0.25, 0.3) is 0 Å². The third-order valence-corrected chi connectivity index (χ3v) is 4.28. The monoisotopic (exact) mass is 226 g/mol. The first kappa shape index (κ1) is 12.3. The molecule has 0 radical (unpaired) electrons. The normalized spacial score (nSPS) is 31.7. The Hall–Kier alpha value is -0.120. The smallest absolute Gasteiger partial charge is 0.0601 e. The highest BCUT2D eigenvalue weighted by Crippen LogP contribution is 2.29. The van der Waals surface area contributed by atoms with Crippen LogP contribution in [0.5, 0.6) is 0 Å². The largest absolute Gasteiger partial charge is 0.381 e. The summed E-state index contributed by atoms with van der Waals surface area (Å²) < 4.78 is 5.36. The average Bonchev–Trinajstić information content (AvgIpc) is 2.27. The lowest BCUT2D eigenvalue weighted by Crippen LogP contribution is -2.50. The fourth-order valence-electron chi connectivity index (χ4n) is 2.96. The summed E-state index contributed by atoms with van der Waals surface area (Å²) in [5, 5.41) is 3.44. The van der Waals surface area contributed by atoms with Gasteiger partial charge in [0, 0.05) is 19.7 Å². The number of hydrogen-bond acceptors (Lipinski definition) is 3. The molecule has 3 nitrogen and oxygen atoms in total. The lowest BCUT2D eigenvalue weighted by molar-refractivity contribution is -0.0308. The molecule has 1 aliphatic heterocycles. The standard InChI is InChI=1S/C13H26N2O/c1-3-15(12-8-13(9-12)16-2)10-11-4-6-14-7-5-11/h11-14H,3-10H2,1-2H3. The molecular formula is C13H26N2O. The van der Waals surface area contributed by atoms with E-state index in [0.29, 0.717) is 6.10 Å². The average molecular weight is 226 g/mol. The summed E-state index contributed by atoms with van der Waals surface area (Å²) in [6, 6.07) is 0.796. The number of nitrogens with zero attached hydrogens (tertiary/aromatic N) is 1. The van der Waals surface area contributed by atoms with Crippen LogP contribution in [0.15, 0.2) is 0 Å². The first-order valence-corrected chi connectivity index (χ1v) is 6.81. The molecular weight excluding hydrogens is 200 g/mol. The molecule has 0 unspecified atom stereocenters. The van der Waals surface area contributed by atoms with E-state index in [2.05, 4.69) is 17.1 Å². The summed E-state index contributed by atoms with van der Waals surface area (Å²) in [7, 11) is 1.84.